The highest BCUT2D eigenvalue weighted by Gasteiger charge is 2.18. The summed E-state index contributed by atoms with van der Waals surface area (Å²) >= 11 is 1.36. The zero-order valence-electron chi connectivity index (χ0n) is 15.1. The molecule has 142 valence electrons. The lowest BCUT2D eigenvalue weighted by Crippen LogP contribution is -2.38. The monoisotopic (exact) mass is 392 g/mol. The Kier molecular flexibility index (Phi) is 5.36. The Balaban J connectivity index is 1.50. The second-order valence-electron chi connectivity index (χ2n) is 6.43. The smallest absolute Gasteiger partial charge is 0.263 e. The molecular formula is C21H20N4O2S. The van der Waals surface area contributed by atoms with Crippen molar-refractivity contribution in [1.82, 2.24) is 15.3 Å². The van der Waals surface area contributed by atoms with Gasteiger partial charge in [0.05, 0.1) is 24.0 Å². The molecule has 1 aromatic carbocycles. The van der Waals surface area contributed by atoms with Crippen LogP contribution in [0.25, 0.3) is 11.0 Å². The predicted octanol–water partition coefficient (Wildman–Crippen LogP) is 3.70. The number of aliphatic hydroxyl groups excluding tert-OH is 1. The second-order valence-corrected chi connectivity index (χ2v) is 7.35. The number of rotatable bonds is 7. The van der Waals surface area contributed by atoms with Crippen LogP contribution in [-0.2, 0) is 6.42 Å². The molecule has 0 radical (unpaired) electrons. The van der Waals surface area contributed by atoms with Crippen molar-refractivity contribution in [2.45, 2.75) is 12.5 Å². The molecule has 3 aromatic heterocycles. The minimum absolute atomic E-state index is 0.122. The molecule has 0 spiro atoms. The van der Waals surface area contributed by atoms with E-state index in [1.807, 2.05) is 60.1 Å². The van der Waals surface area contributed by atoms with E-state index in [-0.39, 0.29) is 18.6 Å². The van der Waals surface area contributed by atoms with Crippen molar-refractivity contribution in [1.29, 1.82) is 0 Å². The summed E-state index contributed by atoms with van der Waals surface area (Å²) < 4.78 is 0. The highest BCUT2D eigenvalue weighted by molar-refractivity contribution is 7.12. The minimum Gasteiger partial charge on any atom is -0.394 e. The second kappa shape index (κ2) is 8.24. The van der Waals surface area contributed by atoms with Gasteiger partial charge >= 0.3 is 0 Å². The van der Waals surface area contributed by atoms with E-state index in [0.717, 1.165) is 28.0 Å². The molecule has 0 bridgehead atoms. The van der Waals surface area contributed by atoms with Crippen molar-refractivity contribution in [3.05, 3.63) is 76.7 Å². The lowest BCUT2D eigenvalue weighted by atomic mass is 10.1. The number of fused-ring (bicyclic) bond motifs is 1. The number of carbonyl (C=O) groups is 1. The number of amides is 1. The van der Waals surface area contributed by atoms with Crippen LogP contribution in [0.15, 0.2) is 66.3 Å². The van der Waals surface area contributed by atoms with Gasteiger partial charge in [-0.2, -0.15) is 0 Å². The van der Waals surface area contributed by atoms with E-state index in [0.29, 0.717) is 11.3 Å². The van der Waals surface area contributed by atoms with Crippen LogP contribution in [0.4, 0.5) is 11.4 Å². The first kappa shape index (κ1) is 18.2. The van der Waals surface area contributed by atoms with Crippen molar-refractivity contribution in [2.24, 2.45) is 0 Å². The van der Waals surface area contributed by atoms with Crippen LogP contribution in [0.5, 0.6) is 0 Å². The summed E-state index contributed by atoms with van der Waals surface area (Å²) in [6.45, 7) is -0.122. The van der Waals surface area contributed by atoms with E-state index < -0.39 is 0 Å². The number of hydrogen-bond donors (Lipinski definition) is 4. The number of nitrogens with one attached hydrogen (secondary N) is 3. The summed E-state index contributed by atoms with van der Waals surface area (Å²) in [7, 11) is 0. The van der Waals surface area contributed by atoms with Gasteiger partial charge in [-0.05, 0) is 35.6 Å². The third-order valence-corrected chi connectivity index (χ3v) is 5.39. The Morgan fingerprint density at radius 3 is 2.82 bits per heavy atom. The summed E-state index contributed by atoms with van der Waals surface area (Å²) in [6, 6.07) is 15.2. The van der Waals surface area contributed by atoms with Gasteiger partial charge in [0.25, 0.3) is 5.91 Å². The van der Waals surface area contributed by atoms with Crippen molar-refractivity contribution in [2.75, 3.05) is 11.9 Å². The third-order valence-electron chi connectivity index (χ3n) is 4.48. The zero-order chi connectivity index (χ0) is 19.3. The number of hydrogen-bond acceptors (Lipinski definition) is 5. The van der Waals surface area contributed by atoms with Crippen LogP contribution in [0.1, 0.15) is 15.2 Å². The fraction of sp³-hybridized carbons (Fsp3) is 0.143. The molecule has 1 amide bonds. The Morgan fingerprint density at radius 1 is 1.14 bits per heavy atom. The van der Waals surface area contributed by atoms with Gasteiger partial charge in [-0.1, -0.05) is 30.3 Å². The number of nitrogens with zero attached hydrogens (tertiary/aromatic N) is 1. The fourth-order valence-electron chi connectivity index (χ4n) is 3.11. The average Bonchev–Trinajstić information content (AvgIpc) is 3.38. The van der Waals surface area contributed by atoms with Gasteiger partial charge in [0, 0.05) is 17.8 Å². The average molecular weight is 392 g/mol. The van der Waals surface area contributed by atoms with Gasteiger partial charge in [0.1, 0.15) is 10.5 Å². The number of thiophene rings is 1. The minimum atomic E-state index is -0.345. The predicted molar refractivity (Wildman–Crippen MR) is 112 cm³/mol. The molecule has 0 aliphatic carbocycles. The van der Waals surface area contributed by atoms with Crippen LogP contribution in [0, 0.1) is 0 Å². The van der Waals surface area contributed by atoms with E-state index in [2.05, 4.69) is 20.6 Å². The number of anilines is 2. The summed E-state index contributed by atoms with van der Waals surface area (Å²) in [5.41, 5.74) is 3.46. The summed E-state index contributed by atoms with van der Waals surface area (Å²) in [6.07, 6.45) is 4.12. The van der Waals surface area contributed by atoms with Gasteiger partial charge in [0.2, 0.25) is 0 Å². The maximum Gasteiger partial charge on any atom is 0.263 e. The molecule has 4 aromatic rings. The first-order valence-electron chi connectivity index (χ1n) is 8.97. The molecule has 4 rings (SSSR count). The Labute approximate surface area is 166 Å². The summed E-state index contributed by atoms with van der Waals surface area (Å²) in [4.78, 5) is 20.8. The van der Waals surface area contributed by atoms with E-state index in [9.17, 15) is 9.90 Å². The van der Waals surface area contributed by atoms with E-state index >= 15 is 0 Å². The van der Waals surface area contributed by atoms with Crippen LogP contribution in [0.2, 0.25) is 0 Å². The van der Waals surface area contributed by atoms with Crippen LogP contribution in [-0.4, -0.2) is 33.6 Å². The van der Waals surface area contributed by atoms with Crippen molar-refractivity contribution >= 4 is 39.7 Å². The maximum absolute atomic E-state index is 12.8. The van der Waals surface area contributed by atoms with Crippen LogP contribution in [0.3, 0.4) is 0 Å². The van der Waals surface area contributed by atoms with E-state index in [4.69, 9.17) is 0 Å². The Bertz CT molecular complexity index is 1070. The summed E-state index contributed by atoms with van der Waals surface area (Å²) in [5, 5.41) is 18.8. The number of benzene rings is 1. The molecule has 0 unspecified atom stereocenters. The molecule has 6 nitrogen and oxygen atoms in total. The molecule has 0 fully saturated rings. The maximum atomic E-state index is 12.8. The molecule has 28 heavy (non-hydrogen) atoms. The topological polar surface area (TPSA) is 90.0 Å². The van der Waals surface area contributed by atoms with Gasteiger partial charge < -0.3 is 20.7 Å². The van der Waals surface area contributed by atoms with Crippen LogP contribution < -0.4 is 10.6 Å². The fourth-order valence-corrected chi connectivity index (χ4v) is 3.86. The molecule has 1 atom stereocenters. The number of aromatic amines is 1. The first-order chi connectivity index (χ1) is 13.7. The van der Waals surface area contributed by atoms with Gasteiger partial charge in [-0.3, -0.25) is 4.79 Å². The van der Waals surface area contributed by atoms with E-state index in [1.54, 1.807) is 6.20 Å². The highest BCUT2D eigenvalue weighted by atomic mass is 32.1. The third kappa shape index (κ3) is 3.90. The number of carbonyl (C=O) groups excluding carboxylic acids is 1. The molecule has 0 aliphatic heterocycles. The molecule has 3 heterocycles. The number of H-pyrrole nitrogens is 1. The first-order valence-corrected chi connectivity index (χ1v) is 9.85. The zero-order valence-corrected chi connectivity index (χ0v) is 15.9. The quantitative estimate of drug-likeness (QED) is 0.386. The molecule has 7 heteroatoms. The van der Waals surface area contributed by atoms with Crippen molar-refractivity contribution < 1.29 is 9.90 Å². The molecular weight excluding hydrogens is 372 g/mol. The number of pyridine rings is 1. The lowest BCUT2D eigenvalue weighted by molar-refractivity contribution is 0.0921. The standard InChI is InChI=1S/C21H20N4O2S/c26-13-15(12-14-4-2-1-3-5-14)24-21(27)19-18(8-11-28-19)25-17-7-10-23-20-16(17)6-9-22-20/h1-11,15,26H,12-13H2,(H,24,27)(H2,22,23,25)/t15-/m0/s1. The van der Waals surface area contributed by atoms with Crippen molar-refractivity contribution in [3.8, 4) is 0 Å². The van der Waals surface area contributed by atoms with E-state index in [1.165, 1.54) is 11.3 Å². The number of aromatic nitrogens is 2. The molecule has 0 aliphatic rings. The van der Waals surface area contributed by atoms with Gasteiger partial charge in [-0.25, -0.2) is 4.98 Å². The molecule has 0 saturated heterocycles. The Hall–Kier alpha value is -3.16. The van der Waals surface area contributed by atoms with Crippen molar-refractivity contribution in [3.63, 3.8) is 0 Å². The van der Waals surface area contributed by atoms with Gasteiger partial charge in [-0.15, -0.1) is 11.3 Å². The van der Waals surface area contributed by atoms with Crippen LogP contribution >= 0.6 is 11.3 Å². The normalized spacial score (nSPS) is 12.0. The Morgan fingerprint density at radius 2 is 2.00 bits per heavy atom. The highest BCUT2D eigenvalue weighted by Crippen LogP contribution is 2.29. The molecule has 4 N–H and O–H groups in total. The number of aliphatic hydroxyl groups is 1. The lowest BCUT2D eigenvalue weighted by Gasteiger charge is -2.17. The largest absolute Gasteiger partial charge is 0.394 e. The molecule has 0 saturated carbocycles. The summed E-state index contributed by atoms with van der Waals surface area (Å²) in [5.74, 6) is -0.202. The van der Waals surface area contributed by atoms with Gasteiger partial charge in [0.15, 0.2) is 0 Å². The SMILES string of the molecule is O=C(N[C@H](CO)Cc1ccccc1)c1sccc1Nc1ccnc2[nH]ccc12.